The number of carboxylic acid groups (broad SMARTS) is 1. The van der Waals surface area contributed by atoms with E-state index >= 15 is 0 Å². The van der Waals surface area contributed by atoms with Crippen LogP contribution in [0.5, 0.6) is 0 Å². The lowest BCUT2D eigenvalue weighted by molar-refractivity contribution is -0.158. The van der Waals surface area contributed by atoms with E-state index in [4.69, 9.17) is 4.74 Å². The molecule has 3 heterocycles. The van der Waals surface area contributed by atoms with Crippen molar-refractivity contribution in [3.63, 3.8) is 0 Å². The molecule has 3 aliphatic heterocycles. The number of carbonyl (C=O) groups is 3. The van der Waals surface area contributed by atoms with E-state index in [1.807, 2.05) is 37.3 Å². The molecule has 1 aromatic carbocycles. The zero-order valence-electron chi connectivity index (χ0n) is 20.6. The molecular formula is C27H36N2O6. The number of ether oxygens (including phenoxy) is 1. The van der Waals surface area contributed by atoms with Crippen LogP contribution in [0.1, 0.15) is 45.1 Å². The highest BCUT2D eigenvalue weighted by Gasteiger charge is 2.78. The molecule has 0 aliphatic carbocycles. The Morgan fingerprint density at radius 1 is 1.31 bits per heavy atom. The average molecular weight is 485 g/mol. The molecule has 35 heavy (non-hydrogen) atoms. The Kier molecular flexibility index (Phi) is 7.06. The first-order valence-electron chi connectivity index (χ1n) is 12.5. The molecule has 3 saturated heterocycles. The Labute approximate surface area is 206 Å². The number of hydrogen-bond donors (Lipinski definition) is 2. The molecule has 6 atom stereocenters. The summed E-state index contributed by atoms with van der Waals surface area (Å²) >= 11 is 0. The molecule has 0 radical (unpaired) electrons. The summed E-state index contributed by atoms with van der Waals surface area (Å²) in [4.78, 5) is 43.7. The fourth-order valence-corrected chi connectivity index (χ4v) is 6.52. The third-order valence-electron chi connectivity index (χ3n) is 8.08. The van der Waals surface area contributed by atoms with Gasteiger partial charge in [-0.3, -0.25) is 14.4 Å². The van der Waals surface area contributed by atoms with Gasteiger partial charge in [-0.2, -0.15) is 0 Å². The number of hydrogen-bond acceptors (Lipinski definition) is 5. The minimum Gasteiger partial charge on any atom is -0.481 e. The van der Waals surface area contributed by atoms with Crippen molar-refractivity contribution in [3.05, 3.63) is 48.6 Å². The van der Waals surface area contributed by atoms with Crippen LogP contribution < -0.4 is 0 Å². The van der Waals surface area contributed by atoms with Crippen molar-refractivity contribution in [3.8, 4) is 0 Å². The number of carbonyl (C=O) groups excluding carboxylic acids is 2. The second-order valence-electron chi connectivity index (χ2n) is 10.3. The maximum absolute atomic E-state index is 14.2. The minimum absolute atomic E-state index is 0.268. The van der Waals surface area contributed by atoms with Crippen LogP contribution >= 0.6 is 0 Å². The molecule has 2 amide bonds. The van der Waals surface area contributed by atoms with E-state index < -0.39 is 47.0 Å². The first-order valence-corrected chi connectivity index (χ1v) is 12.5. The summed E-state index contributed by atoms with van der Waals surface area (Å²) in [6.45, 7) is 8.05. The maximum Gasteiger partial charge on any atom is 0.310 e. The minimum atomic E-state index is -1.22. The lowest BCUT2D eigenvalue weighted by Crippen LogP contribution is -2.59. The summed E-state index contributed by atoms with van der Waals surface area (Å²) in [5.41, 5.74) is -1.31. The van der Waals surface area contributed by atoms with Gasteiger partial charge in [0.15, 0.2) is 0 Å². The van der Waals surface area contributed by atoms with Gasteiger partial charge < -0.3 is 24.7 Å². The SMILES string of the molecule is C=CCN(CCCC)C(=O)C1N([C@@H](CO)Cc2ccccc2)C(=O)[C@@H]2[C@@H](C(=O)O)[C@@]3(C)CCC12O3. The number of aliphatic carboxylic acids is 1. The van der Waals surface area contributed by atoms with Crippen molar-refractivity contribution in [2.75, 3.05) is 19.7 Å². The normalized spacial score (nSPS) is 31.9. The van der Waals surface area contributed by atoms with E-state index in [-0.39, 0.29) is 12.5 Å². The predicted molar refractivity (Wildman–Crippen MR) is 129 cm³/mol. The largest absolute Gasteiger partial charge is 0.481 e. The van der Waals surface area contributed by atoms with Crippen LogP contribution in [0.4, 0.5) is 0 Å². The monoisotopic (exact) mass is 484 g/mol. The van der Waals surface area contributed by atoms with Gasteiger partial charge in [0, 0.05) is 13.1 Å². The topological polar surface area (TPSA) is 107 Å². The number of carboxylic acids is 1. The summed E-state index contributed by atoms with van der Waals surface area (Å²) in [6, 6.07) is 7.80. The average Bonchev–Trinajstić information content (AvgIpc) is 3.41. The molecule has 4 rings (SSSR count). The number of aliphatic hydroxyl groups excluding tert-OH is 1. The van der Waals surface area contributed by atoms with Gasteiger partial charge in [0.2, 0.25) is 11.8 Å². The fraction of sp³-hybridized carbons (Fsp3) is 0.593. The summed E-state index contributed by atoms with van der Waals surface area (Å²) in [6.07, 6.45) is 4.58. The van der Waals surface area contributed by atoms with Crippen LogP contribution in [0.3, 0.4) is 0 Å². The van der Waals surface area contributed by atoms with Crippen LogP contribution in [0.15, 0.2) is 43.0 Å². The van der Waals surface area contributed by atoms with E-state index in [9.17, 15) is 24.6 Å². The van der Waals surface area contributed by atoms with Crippen LogP contribution in [0.25, 0.3) is 0 Å². The first-order chi connectivity index (χ1) is 16.7. The molecule has 0 saturated carbocycles. The molecule has 2 unspecified atom stereocenters. The number of likely N-dealkylation sites (tertiary alicyclic amines) is 1. The van der Waals surface area contributed by atoms with Crippen molar-refractivity contribution >= 4 is 17.8 Å². The Bertz CT molecular complexity index is 983. The lowest BCUT2D eigenvalue weighted by Gasteiger charge is -2.39. The van der Waals surface area contributed by atoms with Crippen LogP contribution in [-0.4, -0.2) is 80.8 Å². The van der Waals surface area contributed by atoms with Crippen LogP contribution in [0.2, 0.25) is 0 Å². The fourth-order valence-electron chi connectivity index (χ4n) is 6.52. The van der Waals surface area contributed by atoms with Crippen molar-refractivity contribution in [2.24, 2.45) is 11.8 Å². The number of rotatable bonds is 11. The predicted octanol–water partition coefficient (Wildman–Crippen LogP) is 2.25. The Balaban J connectivity index is 1.79. The highest BCUT2D eigenvalue weighted by atomic mass is 16.5. The van der Waals surface area contributed by atoms with Crippen molar-refractivity contribution in [1.82, 2.24) is 9.80 Å². The van der Waals surface area contributed by atoms with Gasteiger partial charge in [-0.05, 0) is 38.2 Å². The molecule has 2 N–H and O–H groups in total. The maximum atomic E-state index is 14.2. The van der Waals surface area contributed by atoms with Crippen molar-refractivity contribution < 1.29 is 29.3 Å². The standard InChI is InChI=1S/C27H36N2O6/c1-4-6-15-28(14-5-2)24(32)22-27-13-12-26(3,35-27)21(25(33)34)20(27)23(31)29(22)19(17-30)16-18-10-8-7-9-11-18/h5,7-11,19-22,30H,2,4,6,12-17H2,1,3H3,(H,33,34)/t19-,20+,21+,22?,26-,27?/m1/s1. The van der Waals surface area contributed by atoms with Gasteiger partial charge in [0.1, 0.15) is 11.6 Å². The third-order valence-corrected chi connectivity index (χ3v) is 8.08. The number of benzene rings is 1. The Morgan fingerprint density at radius 3 is 2.63 bits per heavy atom. The Hall–Kier alpha value is -2.71. The van der Waals surface area contributed by atoms with Gasteiger partial charge in [-0.15, -0.1) is 6.58 Å². The van der Waals surface area contributed by atoms with E-state index in [0.717, 1.165) is 18.4 Å². The van der Waals surface area contributed by atoms with Crippen molar-refractivity contribution in [1.29, 1.82) is 0 Å². The molecule has 3 fully saturated rings. The summed E-state index contributed by atoms with van der Waals surface area (Å²) in [5, 5.41) is 20.5. The molecule has 190 valence electrons. The number of amides is 2. The number of aliphatic hydroxyl groups is 1. The molecule has 8 heteroatoms. The van der Waals surface area contributed by atoms with E-state index in [0.29, 0.717) is 32.4 Å². The van der Waals surface area contributed by atoms with Gasteiger partial charge in [0.25, 0.3) is 0 Å². The van der Waals surface area contributed by atoms with E-state index in [2.05, 4.69) is 6.58 Å². The molecule has 0 aromatic heterocycles. The quantitative estimate of drug-likeness (QED) is 0.467. The molecule has 8 nitrogen and oxygen atoms in total. The smallest absolute Gasteiger partial charge is 0.310 e. The molecule has 1 spiro atoms. The third kappa shape index (κ3) is 4.06. The van der Waals surface area contributed by atoms with Crippen LogP contribution in [-0.2, 0) is 25.5 Å². The molecule has 3 aliphatic rings. The van der Waals surface area contributed by atoms with Crippen molar-refractivity contribution in [2.45, 2.75) is 69.2 Å². The number of unbranched alkanes of at least 4 members (excludes halogenated alkanes) is 1. The van der Waals surface area contributed by atoms with Crippen LogP contribution in [0, 0.1) is 11.8 Å². The lowest BCUT2D eigenvalue weighted by atomic mass is 9.66. The highest BCUT2D eigenvalue weighted by molar-refractivity contribution is 5.98. The second kappa shape index (κ2) is 9.74. The van der Waals surface area contributed by atoms with Gasteiger partial charge >= 0.3 is 5.97 Å². The molecule has 1 aromatic rings. The Morgan fingerprint density at radius 2 is 2.03 bits per heavy atom. The number of nitrogens with zero attached hydrogens (tertiary/aromatic N) is 2. The highest BCUT2D eigenvalue weighted by Crippen LogP contribution is 2.63. The van der Waals surface area contributed by atoms with E-state index in [1.165, 1.54) is 4.90 Å². The molecular weight excluding hydrogens is 448 g/mol. The molecule has 2 bridgehead atoms. The number of fused-ring (bicyclic) bond motifs is 1. The van der Waals surface area contributed by atoms with E-state index in [1.54, 1.807) is 17.9 Å². The zero-order valence-corrected chi connectivity index (χ0v) is 20.6. The van der Waals surface area contributed by atoms with Gasteiger partial charge in [-0.1, -0.05) is 49.8 Å². The first kappa shape index (κ1) is 25.4. The summed E-state index contributed by atoms with van der Waals surface area (Å²) < 4.78 is 6.46. The van der Waals surface area contributed by atoms with Gasteiger partial charge in [0.05, 0.1) is 30.1 Å². The summed E-state index contributed by atoms with van der Waals surface area (Å²) in [5.74, 6) is -3.77. The zero-order chi connectivity index (χ0) is 25.4. The van der Waals surface area contributed by atoms with Gasteiger partial charge in [-0.25, -0.2) is 0 Å². The summed E-state index contributed by atoms with van der Waals surface area (Å²) in [7, 11) is 0. The second-order valence-corrected chi connectivity index (χ2v) is 10.3.